The first kappa shape index (κ1) is 13.7. The van der Waals surface area contributed by atoms with E-state index in [1.807, 2.05) is 6.07 Å². The lowest BCUT2D eigenvalue weighted by Gasteiger charge is -2.19. The molecule has 3 nitrogen and oxygen atoms in total. The van der Waals surface area contributed by atoms with Gasteiger partial charge in [0.25, 0.3) is 0 Å². The summed E-state index contributed by atoms with van der Waals surface area (Å²) in [5.41, 5.74) is 3.60. The van der Waals surface area contributed by atoms with Crippen LogP contribution in [0.25, 0.3) is 0 Å². The van der Waals surface area contributed by atoms with Crippen molar-refractivity contribution in [2.45, 2.75) is 26.3 Å². The van der Waals surface area contributed by atoms with E-state index in [-0.39, 0.29) is 6.04 Å². The maximum absolute atomic E-state index is 5.40. The number of likely N-dealkylation sites (N-methyl/N-ethyl adjacent to an activating group) is 1. The van der Waals surface area contributed by atoms with E-state index in [0.717, 1.165) is 24.3 Å². The molecule has 0 amide bonds. The van der Waals surface area contributed by atoms with Gasteiger partial charge in [-0.2, -0.15) is 0 Å². The van der Waals surface area contributed by atoms with Gasteiger partial charge in [-0.25, -0.2) is 0 Å². The van der Waals surface area contributed by atoms with E-state index in [1.54, 1.807) is 19.6 Å². The Morgan fingerprint density at radius 3 is 2.79 bits per heavy atom. The number of furan rings is 1. The minimum atomic E-state index is 0.275. The minimum absolute atomic E-state index is 0.275. The third kappa shape index (κ3) is 3.38. The molecule has 0 aliphatic carbocycles. The SMILES string of the molecule is CCNC(Cc1ccoc1)c1ccc(C)c(OC)c1. The summed E-state index contributed by atoms with van der Waals surface area (Å²) in [4.78, 5) is 0. The Labute approximate surface area is 114 Å². The highest BCUT2D eigenvalue weighted by atomic mass is 16.5. The van der Waals surface area contributed by atoms with Crippen LogP contribution in [0.3, 0.4) is 0 Å². The van der Waals surface area contributed by atoms with Crippen LogP contribution in [0.15, 0.2) is 41.2 Å². The number of ether oxygens (including phenoxy) is 1. The average molecular weight is 259 g/mol. The average Bonchev–Trinajstić information content (AvgIpc) is 2.92. The molecule has 0 saturated heterocycles. The smallest absolute Gasteiger partial charge is 0.122 e. The third-order valence-electron chi connectivity index (χ3n) is 3.30. The number of rotatable bonds is 6. The van der Waals surface area contributed by atoms with E-state index >= 15 is 0 Å². The van der Waals surface area contributed by atoms with Crippen molar-refractivity contribution in [3.63, 3.8) is 0 Å². The van der Waals surface area contributed by atoms with E-state index in [0.29, 0.717) is 0 Å². The van der Waals surface area contributed by atoms with Crippen LogP contribution in [0.1, 0.15) is 29.7 Å². The van der Waals surface area contributed by atoms with Crippen LogP contribution in [-0.2, 0) is 6.42 Å². The molecule has 2 rings (SSSR count). The minimum Gasteiger partial charge on any atom is -0.496 e. The second kappa shape index (κ2) is 6.43. The topological polar surface area (TPSA) is 34.4 Å². The van der Waals surface area contributed by atoms with Gasteiger partial charge in [-0.15, -0.1) is 0 Å². The molecule has 2 aromatic rings. The van der Waals surface area contributed by atoms with Gasteiger partial charge in [0.05, 0.1) is 19.6 Å². The summed E-state index contributed by atoms with van der Waals surface area (Å²) in [6.45, 7) is 5.10. The van der Waals surface area contributed by atoms with Gasteiger partial charge in [0, 0.05) is 6.04 Å². The number of methoxy groups -OCH3 is 1. The van der Waals surface area contributed by atoms with Crippen molar-refractivity contribution in [1.29, 1.82) is 0 Å². The maximum atomic E-state index is 5.40. The molecule has 0 aliphatic heterocycles. The number of benzene rings is 1. The lowest BCUT2D eigenvalue weighted by Crippen LogP contribution is -2.22. The highest BCUT2D eigenvalue weighted by Gasteiger charge is 2.13. The second-order valence-corrected chi connectivity index (χ2v) is 4.68. The van der Waals surface area contributed by atoms with E-state index < -0.39 is 0 Å². The molecule has 1 atom stereocenters. The fourth-order valence-electron chi connectivity index (χ4n) is 2.25. The molecule has 0 fully saturated rings. The van der Waals surface area contributed by atoms with Crippen molar-refractivity contribution in [2.75, 3.05) is 13.7 Å². The number of hydrogen-bond acceptors (Lipinski definition) is 3. The third-order valence-corrected chi connectivity index (χ3v) is 3.30. The van der Waals surface area contributed by atoms with Crippen molar-refractivity contribution >= 4 is 0 Å². The van der Waals surface area contributed by atoms with Gasteiger partial charge in [-0.1, -0.05) is 19.1 Å². The molecule has 1 aromatic heterocycles. The summed E-state index contributed by atoms with van der Waals surface area (Å²) < 4.78 is 10.5. The Balaban J connectivity index is 2.22. The lowest BCUT2D eigenvalue weighted by atomic mass is 9.99. The molecule has 1 heterocycles. The number of aryl methyl sites for hydroxylation is 1. The highest BCUT2D eigenvalue weighted by Crippen LogP contribution is 2.25. The van der Waals surface area contributed by atoms with Crippen LogP contribution >= 0.6 is 0 Å². The van der Waals surface area contributed by atoms with Crippen molar-refractivity contribution in [1.82, 2.24) is 5.32 Å². The van der Waals surface area contributed by atoms with Gasteiger partial charge in [-0.05, 0) is 48.7 Å². The molecule has 1 unspecified atom stereocenters. The summed E-state index contributed by atoms with van der Waals surface area (Å²) in [6.07, 6.45) is 4.43. The summed E-state index contributed by atoms with van der Waals surface area (Å²) in [7, 11) is 1.71. The second-order valence-electron chi connectivity index (χ2n) is 4.68. The molecular weight excluding hydrogens is 238 g/mol. The molecule has 0 radical (unpaired) electrons. The molecule has 0 saturated carbocycles. The van der Waals surface area contributed by atoms with Crippen molar-refractivity contribution in [3.05, 3.63) is 53.5 Å². The highest BCUT2D eigenvalue weighted by molar-refractivity contribution is 5.38. The molecule has 19 heavy (non-hydrogen) atoms. The molecule has 0 spiro atoms. The van der Waals surface area contributed by atoms with Gasteiger partial charge in [0.2, 0.25) is 0 Å². The molecule has 3 heteroatoms. The first-order valence-corrected chi connectivity index (χ1v) is 6.63. The van der Waals surface area contributed by atoms with Crippen LogP contribution in [-0.4, -0.2) is 13.7 Å². The van der Waals surface area contributed by atoms with Crippen molar-refractivity contribution < 1.29 is 9.15 Å². The number of nitrogens with one attached hydrogen (secondary N) is 1. The number of hydrogen-bond donors (Lipinski definition) is 1. The Morgan fingerprint density at radius 2 is 2.16 bits per heavy atom. The molecular formula is C16H21NO2. The first-order valence-electron chi connectivity index (χ1n) is 6.63. The zero-order valence-electron chi connectivity index (χ0n) is 11.8. The van der Waals surface area contributed by atoms with Crippen molar-refractivity contribution in [3.8, 4) is 5.75 Å². The van der Waals surface area contributed by atoms with Crippen LogP contribution in [0, 0.1) is 6.92 Å². The maximum Gasteiger partial charge on any atom is 0.122 e. The van der Waals surface area contributed by atoms with Crippen LogP contribution in [0.5, 0.6) is 5.75 Å². The zero-order chi connectivity index (χ0) is 13.7. The zero-order valence-corrected chi connectivity index (χ0v) is 11.8. The van der Waals surface area contributed by atoms with Gasteiger partial charge in [0.15, 0.2) is 0 Å². The molecule has 1 aromatic carbocycles. The fourth-order valence-corrected chi connectivity index (χ4v) is 2.25. The van der Waals surface area contributed by atoms with Crippen LogP contribution < -0.4 is 10.1 Å². The normalized spacial score (nSPS) is 12.4. The quantitative estimate of drug-likeness (QED) is 0.862. The summed E-state index contributed by atoms with van der Waals surface area (Å²) in [5, 5.41) is 3.51. The van der Waals surface area contributed by atoms with E-state index in [4.69, 9.17) is 9.15 Å². The summed E-state index contributed by atoms with van der Waals surface area (Å²) in [6, 6.07) is 8.66. The van der Waals surface area contributed by atoms with Gasteiger partial charge < -0.3 is 14.5 Å². The Morgan fingerprint density at radius 1 is 1.32 bits per heavy atom. The molecule has 0 bridgehead atoms. The van der Waals surface area contributed by atoms with E-state index in [9.17, 15) is 0 Å². The van der Waals surface area contributed by atoms with Gasteiger partial charge >= 0.3 is 0 Å². The lowest BCUT2D eigenvalue weighted by molar-refractivity contribution is 0.410. The summed E-state index contributed by atoms with van der Waals surface area (Å²) in [5.74, 6) is 0.938. The standard InChI is InChI=1S/C16H21NO2/c1-4-17-15(9-13-7-8-19-11-13)14-6-5-12(2)16(10-14)18-3/h5-8,10-11,15,17H,4,9H2,1-3H3. The Hall–Kier alpha value is -1.74. The Kier molecular flexibility index (Phi) is 4.63. The van der Waals surface area contributed by atoms with E-state index in [2.05, 4.69) is 37.4 Å². The van der Waals surface area contributed by atoms with Crippen LogP contribution in [0.2, 0.25) is 0 Å². The largest absolute Gasteiger partial charge is 0.496 e. The van der Waals surface area contributed by atoms with Crippen molar-refractivity contribution in [2.24, 2.45) is 0 Å². The predicted octanol–water partition coefficient (Wildman–Crippen LogP) is 3.49. The fraction of sp³-hybridized carbons (Fsp3) is 0.375. The first-order chi connectivity index (χ1) is 9.24. The van der Waals surface area contributed by atoms with Crippen LogP contribution in [0.4, 0.5) is 0 Å². The molecule has 0 aliphatic rings. The molecule has 1 N–H and O–H groups in total. The van der Waals surface area contributed by atoms with Gasteiger partial charge in [0.1, 0.15) is 5.75 Å². The predicted molar refractivity (Wildman–Crippen MR) is 76.6 cm³/mol. The van der Waals surface area contributed by atoms with E-state index in [1.165, 1.54) is 11.1 Å². The summed E-state index contributed by atoms with van der Waals surface area (Å²) >= 11 is 0. The van der Waals surface area contributed by atoms with Gasteiger partial charge in [-0.3, -0.25) is 0 Å². The Bertz CT molecular complexity index is 505. The molecule has 102 valence electrons. The monoisotopic (exact) mass is 259 g/mol.